The summed E-state index contributed by atoms with van der Waals surface area (Å²) in [4.78, 5) is 24.3. The van der Waals surface area contributed by atoms with E-state index < -0.39 is 0 Å². The Labute approximate surface area is 150 Å². The number of aromatic amines is 1. The highest BCUT2D eigenvalue weighted by Crippen LogP contribution is 2.30. The van der Waals surface area contributed by atoms with Crippen LogP contribution in [0.3, 0.4) is 0 Å². The molecule has 126 valence electrons. The Bertz CT molecular complexity index is 949. The van der Waals surface area contributed by atoms with Gasteiger partial charge in [0, 0.05) is 18.0 Å². The van der Waals surface area contributed by atoms with E-state index in [0.29, 0.717) is 6.54 Å². The van der Waals surface area contributed by atoms with Gasteiger partial charge in [0.05, 0.1) is 23.3 Å². The number of rotatable bonds is 2. The first-order chi connectivity index (χ1) is 11.1. The second-order valence-corrected chi connectivity index (χ2v) is 7.04. The van der Waals surface area contributed by atoms with E-state index in [0.717, 1.165) is 50.9 Å². The summed E-state index contributed by atoms with van der Waals surface area (Å²) < 4.78 is 0. The molecule has 1 aromatic carbocycles. The largest absolute Gasteiger partial charge is 0.382 e. The number of nitrogens with zero attached hydrogens (tertiary/aromatic N) is 2. The molecule has 0 amide bonds. The normalized spacial score (nSPS) is 13.3. The topological polar surface area (TPSA) is 61.0 Å². The average molecular weight is 363 g/mol. The van der Waals surface area contributed by atoms with E-state index in [2.05, 4.69) is 32.3 Å². The lowest BCUT2D eigenvalue weighted by Crippen LogP contribution is -2.34. The Morgan fingerprint density at radius 1 is 1.29 bits per heavy atom. The van der Waals surface area contributed by atoms with E-state index in [4.69, 9.17) is 0 Å². The Morgan fingerprint density at radius 2 is 2.08 bits per heavy atom. The molecule has 0 unspecified atom stereocenters. The number of anilines is 2. The molecule has 0 aliphatic carbocycles. The van der Waals surface area contributed by atoms with Crippen molar-refractivity contribution in [1.29, 1.82) is 0 Å². The van der Waals surface area contributed by atoms with Crippen LogP contribution in [0.2, 0.25) is 0 Å². The number of benzene rings is 1. The molecule has 2 aromatic heterocycles. The third-order valence-corrected chi connectivity index (χ3v) is 5.47. The van der Waals surface area contributed by atoms with Gasteiger partial charge < -0.3 is 15.2 Å². The van der Waals surface area contributed by atoms with Gasteiger partial charge in [0.15, 0.2) is 0 Å². The number of aryl methyl sites for hydroxylation is 2. The highest BCUT2D eigenvalue weighted by Gasteiger charge is 2.18. The van der Waals surface area contributed by atoms with Gasteiger partial charge in [-0.05, 0) is 31.5 Å². The molecule has 24 heavy (non-hydrogen) atoms. The number of para-hydroxylation sites is 2. The van der Waals surface area contributed by atoms with Crippen LogP contribution in [0.5, 0.6) is 0 Å². The van der Waals surface area contributed by atoms with Crippen molar-refractivity contribution in [3.05, 3.63) is 50.9 Å². The van der Waals surface area contributed by atoms with Crippen LogP contribution in [-0.4, -0.2) is 23.1 Å². The van der Waals surface area contributed by atoms with Crippen LogP contribution in [0.4, 0.5) is 11.4 Å². The number of H-pyrrole nitrogens is 1. The predicted octanol–water partition coefficient (Wildman–Crippen LogP) is 3.46. The monoisotopic (exact) mass is 362 g/mol. The minimum Gasteiger partial charge on any atom is -0.382 e. The van der Waals surface area contributed by atoms with E-state index in [1.54, 1.807) is 11.3 Å². The zero-order chi connectivity index (χ0) is 16.0. The van der Waals surface area contributed by atoms with E-state index in [1.165, 1.54) is 0 Å². The summed E-state index contributed by atoms with van der Waals surface area (Å²) >= 11 is 1.59. The first kappa shape index (κ1) is 16.8. The molecule has 7 heteroatoms. The van der Waals surface area contributed by atoms with Crippen LogP contribution in [0.25, 0.3) is 10.2 Å². The lowest BCUT2D eigenvalue weighted by molar-refractivity contribution is 0.751. The van der Waals surface area contributed by atoms with Gasteiger partial charge in [-0.2, -0.15) is 0 Å². The van der Waals surface area contributed by atoms with Crippen molar-refractivity contribution in [3.8, 4) is 0 Å². The van der Waals surface area contributed by atoms with Crippen molar-refractivity contribution in [2.45, 2.75) is 20.4 Å². The van der Waals surface area contributed by atoms with E-state index in [9.17, 15) is 4.79 Å². The summed E-state index contributed by atoms with van der Waals surface area (Å²) in [6.07, 6.45) is 0. The number of aromatic nitrogens is 2. The van der Waals surface area contributed by atoms with Gasteiger partial charge in [0.1, 0.15) is 10.7 Å². The standard InChI is InChI=1S/C17H18N4OS.ClH/c1-10-11(2)23-17-15(10)16(22)19-14(20-17)9-21-8-7-18-12-5-3-4-6-13(12)21;/h3-6,18H,7-9H2,1-2H3,(H,19,20,22);1H. The summed E-state index contributed by atoms with van der Waals surface area (Å²) in [5.74, 6) is 0.723. The Balaban J connectivity index is 0.00000169. The highest BCUT2D eigenvalue weighted by molar-refractivity contribution is 7.18. The van der Waals surface area contributed by atoms with Gasteiger partial charge >= 0.3 is 0 Å². The summed E-state index contributed by atoms with van der Waals surface area (Å²) in [7, 11) is 0. The molecule has 0 saturated carbocycles. The second kappa shape index (κ2) is 6.45. The van der Waals surface area contributed by atoms with Crippen molar-refractivity contribution < 1.29 is 0 Å². The van der Waals surface area contributed by atoms with Crippen LogP contribution in [0.15, 0.2) is 29.1 Å². The SMILES string of the molecule is Cc1sc2nc(CN3CCNc4ccccc43)[nH]c(=O)c2c1C.Cl. The number of halogens is 1. The van der Waals surface area contributed by atoms with Crippen molar-refractivity contribution in [1.82, 2.24) is 9.97 Å². The van der Waals surface area contributed by atoms with Crippen LogP contribution in [-0.2, 0) is 6.54 Å². The molecule has 0 spiro atoms. The molecule has 0 radical (unpaired) electrons. The minimum atomic E-state index is -0.0322. The Hall–Kier alpha value is -2.05. The summed E-state index contributed by atoms with van der Waals surface area (Å²) in [5.41, 5.74) is 3.29. The van der Waals surface area contributed by atoms with Gasteiger partial charge in [0.25, 0.3) is 5.56 Å². The van der Waals surface area contributed by atoms with Crippen molar-refractivity contribution in [2.75, 3.05) is 23.3 Å². The quantitative estimate of drug-likeness (QED) is 0.733. The summed E-state index contributed by atoms with van der Waals surface area (Å²) in [5, 5.41) is 4.13. The van der Waals surface area contributed by atoms with E-state index in [-0.39, 0.29) is 18.0 Å². The zero-order valence-corrected chi connectivity index (χ0v) is 15.2. The van der Waals surface area contributed by atoms with Crippen molar-refractivity contribution in [3.63, 3.8) is 0 Å². The second-order valence-electron chi connectivity index (χ2n) is 5.84. The van der Waals surface area contributed by atoms with Gasteiger partial charge in [-0.15, -0.1) is 23.7 Å². The smallest absolute Gasteiger partial charge is 0.259 e. The average Bonchev–Trinajstić information content (AvgIpc) is 2.83. The zero-order valence-electron chi connectivity index (χ0n) is 13.5. The van der Waals surface area contributed by atoms with Gasteiger partial charge in [0.2, 0.25) is 0 Å². The van der Waals surface area contributed by atoms with E-state index >= 15 is 0 Å². The molecule has 2 N–H and O–H groups in total. The predicted molar refractivity (Wildman–Crippen MR) is 103 cm³/mol. The van der Waals surface area contributed by atoms with Gasteiger partial charge in [-0.25, -0.2) is 4.98 Å². The maximum atomic E-state index is 12.4. The van der Waals surface area contributed by atoms with E-state index in [1.807, 2.05) is 26.0 Å². The minimum absolute atomic E-state index is 0. The molecule has 0 bridgehead atoms. The number of fused-ring (bicyclic) bond motifs is 2. The molecule has 1 aliphatic heterocycles. The first-order valence-corrected chi connectivity index (χ1v) is 8.52. The molecule has 0 fully saturated rings. The fourth-order valence-corrected chi connectivity index (χ4v) is 4.11. The van der Waals surface area contributed by atoms with Crippen molar-refractivity contribution >= 4 is 45.3 Å². The highest BCUT2D eigenvalue weighted by atomic mass is 35.5. The number of hydrogen-bond acceptors (Lipinski definition) is 5. The fourth-order valence-electron chi connectivity index (χ4n) is 3.06. The van der Waals surface area contributed by atoms with Crippen LogP contribution >= 0.6 is 23.7 Å². The first-order valence-electron chi connectivity index (χ1n) is 7.70. The maximum absolute atomic E-state index is 12.4. The maximum Gasteiger partial charge on any atom is 0.259 e. The van der Waals surface area contributed by atoms with Crippen LogP contribution < -0.4 is 15.8 Å². The van der Waals surface area contributed by atoms with Crippen LogP contribution in [0, 0.1) is 13.8 Å². The number of thiophene rings is 1. The molecule has 4 rings (SSSR count). The van der Waals surface area contributed by atoms with Crippen LogP contribution in [0.1, 0.15) is 16.3 Å². The fraction of sp³-hybridized carbons (Fsp3) is 0.294. The molecule has 1 aliphatic rings. The third-order valence-electron chi connectivity index (χ3n) is 4.37. The molecule has 0 saturated heterocycles. The molecule has 3 aromatic rings. The van der Waals surface area contributed by atoms with Gasteiger partial charge in [-0.1, -0.05) is 12.1 Å². The summed E-state index contributed by atoms with van der Waals surface area (Å²) in [6.45, 7) is 6.41. The number of nitrogens with one attached hydrogen (secondary N) is 2. The Kier molecular flexibility index (Phi) is 4.51. The lowest BCUT2D eigenvalue weighted by atomic mass is 10.2. The molecule has 5 nitrogen and oxygen atoms in total. The third kappa shape index (κ3) is 2.76. The lowest BCUT2D eigenvalue weighted by Gasteiger charge is -2.31. The van der Waals surface area contributed by atoms with Crippen molar-refractivity contribution in [2.24, 2.45) is 0 Å². The Morgan fingerprint density at radius 3 is 2.92 bits per heavy atom. The molecule has 0 atom stereocenters. The molecule has 3 heterocycles. The molecular formula is C17H19ClN4OS. The summed E-state index contributed by atoms with van der Waals surface area (Å²) in [6, 6.07) is 8.23. The number of hydrogen-bond donors (Lipinski definition) is 2. The van der Waals surface area contributed by atoms with Gasteiger partial charge in [-0.3, -0.25) is 4.79 Å². The molecular weight excluding hydrogens is 344 g/mol.